The van der Waals surface area contributed by atoms with Crippen molar-refractivity contribution < 1.29 is 4.79 Å². The molecule has 1 aromatic rings. The summed E-state index contributed by atoms with van der Waals surface area (Å²) >= 11 is 2.25. The van der Waals surface area contributed by atoms with Gasteiger partial charge < -0.3 is 10.6 Å². The average Bonchev–Trinajstić information content (AvgIpc) is 2.40. The van der Waals surface area contributed by atoms with Gasteiger partial charge in [-0.05, 0) is 70.5 Å². The van der Waals surface area contributed by atoms with Crippen LogP contribution in [0.15, 0.2) is 24.3 Å². The summed E-state index contributed by atoms with van der Waals surface area (Å²) in [5.74, 6) is 1.39. The van der Waals surface area contributed by atoms with E-state index in [1.54, 1.807) is 0 Å². The van der Waals surface area contributed by atoms with Crippen molar-refractivity contribution in [2.45, 2.75) is 33.6 Å². The number of amides is 2. The summed E-state index contributed by atoms with van der Waals surface area (Å²) < 4.78 is 1.16. The van der Waals surface area contributed by atoms with Crippen LogP contribution in [0.3, 0.4) is 0 Å². The van der Waals surface area contributed by atoms with Crippen molar-refractivity contribution in [2.75, 3.05) is 11.9 Å². The van der Waals surface area contributed by atoms with Crippen LogP contribution in [0.5, 0.6) is 0 Å². The number of halogens is 1. The van der Waals surface area contributed by atoms with Crippen molar-refractivity contribution >= 4 is 34.3 Å². The molecule has 1 aliphatic rings. The number of rotatable bonds is 4. The lowest BCUT2D eigenvalue weighted by atomic mass is 9.54. The van der Waals surface area contributed by atoms with Gasteiger partial charge in [-0.15, -0.1) is 0 Å². The van der Waals surface area contributed by atoms with Crippen molar-refractivity contribution in [2.24, 2.45) is 17.3 Å². The molecule has 2 atom stereocenters. The number of carbonyl (C=O) groups is 1. The third kappa shape index (κ3) is 3.45. The molecule has 0 saturated heterocycles. The largest absolute Gasteiger partial charge is 0.338 e. The van der Waals surface area contributed by atoms with E-state index in [1.807, 2.05) is 24.3 Å². The van der Waals surface area contributed by atoms with E-state index in [0.717, 1.165) is 21.7 Å². The highest BCUT2D eigenvalue weighted by atomic mass is 127. The summed E-state index contributed by atoms with van der Waals surface area (Å²) in [6, 6.07) is 7.69. The molecule has 1 aromatic carbocycles. The average molecular weight is 386 g/mol. The van der Waals surface area contributed by atoms with Crippen LogP contribution in [0.25, 0.3) is 0 Å². The molecule has 20 heavy (non-hydrogen) atoms. The van der Waals surface area contributed by atoms with Gasteiger partial charge in [0.15, 0.2) is 0 Å². The zero-order chi connectivity index (χ0) is 14.8. The Balaban J connectivity index is 1.77. The molecule has 110 valence electrons. The molecule has 0 aromatic heterocycles. The summed E-state index contributed by atoms with van der Waals surface area (Å²) in [6.07, 6.45) is 2.46. The lowest BCUT2D eigenvalue weighted by molar-refractivity contribution is -0.0193. The minimum atomic E-state index is -0.109. The SMILES string of the molecule is CC[C@@H]1C[C@@H](CNC(=O)Nc2ccc(I)cc2)C1(C)C. The molecular weight excluding hydrogens is 363 g/mol. The first-order valence-corrected chi connectivity index (χ1v) is 8.31. The maximum Gasteiger partial charge on any atom is 0.319 e. The standard InChI is InChI=1S/C16H23IN2O/c1-4-11-9-12(16(11,2)3)10-18-15(20)19-14-7-5-13(17)6-8-14/h5-8,11-12H,4,9-10H2,1-3H3,(H2,18,19,20)/t11-,12+/m1/s1. The Hall–Kier alpha value is -0.780. The van der Waals surface area contributed by atoms with Crippen LogP contribution in [0.2, 0.25) is 0 Å². The Kier molecular flexibility index (Phi) is 4.94. The zero-order valence-corrected chi connectivity index (χ0v) is 14.5. The third-order valence-corrected chi connectivity index (χ3v) is 5.50. The van der Waals surface area contributed by atoms with E-state index < -0.39 is 0 Å². The van der Waals surface area contributed by atoms with Crippen LogP contribution in [-0.2, 0) is 0 Å². The smallest absolute Gasteiger partial charge is 0.319 e. The molecule has 1 fully saturated rings. The van der Waals surface area contributed by atoms with E-state index in [4.69, 9.17) is 0 Å². The molecular formula is C16H23IN2O. The fourth-order valence-electron chi connectivity index (χ4n) is 3.09. The predicted molar refractivity (Wildman–Crippen MR) is 91.8 cm³/mol. The Morgan fingerprint density at radius 1 is 1.30 bits per heavy atom. The van der Waals surface area contributed by atoms with Gasteiger partial charge in [0.05, 0.1) is 0 Å². The topological polar surface area (TPSA) is 41.1 Å². The first-order valence-electron chi connectivity index (χ1n) is 7.24. The number of nitrogens with one attached hydrogen (secondary N) is 2. The Morgan fingerprint density at radius 2 is 1.95 bits per heavy atom. The van der Waals surface area contributed by atoms with Gasteiger partial charge >= 0.3 is 6.03 Å². The molecule has 0 spiro atoms. The first-order chi connectivity index (χ1) is 9.43. The fourth-order valence-corrected chi connectivity index (χ4v) is 3.45. The van der Waals surface area contributed by atoms with Gasteiger partial charge in [0, 0.05) is 15.8 Å². The van der Waals surface area contributed by atoms with Gasteiger partial charge in [-0.3, -0.25) is 0 Å². The van der Waals surface area contributed by atoms with Crippen LogP contribution in [0, 0.1) is 20.8 Å². The highest BCUT2D eigenvalue weighted by molar-refractivity contribution is 14.1. The molecule has 0 heterocycles. The van der Waals surface area contributed by atoms with Crippen LogP contribution < -0.4 is 10.6 Å². The summed E-state index contributed by atoms with van der Waals surface area (Å²) in [7, 11) is 0. The van der Waals surface area contributed by atoms with Crippen molar-refractivity contribution in [1.29, 1.82) is 0 Å². The molecule has 4 heteroatoms. The summed E-state index contributed by atoms with van der Waals surface area (Å²) in [5.41, 5.74) is 1.19. The normalized spacial score (nSPS) is 23.8. The van der Waals surface area contributed by atoms with E-state index in [0.29, 0.717) is 11.3 Å². The van der Waals surface area contributed by atoms with Crippen LogP contribution in [-0.4, -0.2) is 12.6 Å². The molecule has 3 nitrogen and oxygen atoms in total. The third-order valence-electron chi connectivity index (χ3n) is 4.78. The van der Waals surface area contributed by atoms with E-state index in [1.165, 1.54) is 12.8 Å². The summed E-state index contributed by atoms with van der Waals surface area (Å²) in [4.78, 5) is 11.9. The molecule has 0 bridgehead atoms. The van der Waals surface area contributed by atoms with Gasteiger partial charge in [0.1, 0.15) is 0 Å². The van der Waals surface area contributed by atoms with Crippen molar-refractivity contribution in [3.8, 4) is 0 Å². The quantitative estimate of drug-likeness (QED) is 0.736. The van der Waals surface area contributed by atoms with Gasteiger partial charge in [0.25, 0.3) is 0 Å². The Labute approximate surface area is 135 Å². The predicted octanol–water partition coefficient (Wildman–Crippen LogP) is 4.49. The van der Waals surface area contributed by atoms with Crippen molar-refractivity contribution in [1.82, 2.24) is 5.32 Å². The molecule has 0 unspecified atom stereocenters. The molecule has 1 saturated carbocycles. The van der Waals surface area contributed by atoms with Crippen LogP contribution in [0.1, 0.15) is 33.6 Å². The summed E-state index contributed by atoms with van der Waals surface area (Å²) in [6.45, 7) is 7.64. The zero-order valence-electron chi connectivity index (χ0n) is 12.4. The van der Waals surface area contributed by atoms with Crippen LogP contribution >= 0.6 is 22.6 Å². The highest BCUT2D eigenvalue weighted by Gasteiger charge is 2.46. The number of carbonyl (C=O) groups excluding carboxylic acids is 1. The first kappa shape index (κ1) is 15.6. The lowest BCUT2D eigenvalue weighted by Gasteiger charge is -2.52. The Bertz CT molecular complexity index is 470. The van der Waals surface area contributed by atoms with Gasteiger partial charge in [0.2, 0.25) is 0 Å². The second-order valence-electron chi connectivity index (χ2n) is 6.20. The molecule has 0 aliphatic heterocycles. The molecule has 0 radical (unpaired) electrons. The van der Waals surface area contributed by atoms with E-state index in [9.17, 15) is 4.79 Å². The lowest BCUT2D eigenvalue weighted by Crippen LogP contribution is -2.50. The van der Waals surface area contributed by atoms with Crippen molar-refractivity contribution in [3.05, 3.63) is 27.8 Å². The van der Waals surface area contributed by atoms with Gasteiger partial charge in [-0.1, -0.05) is 27.2 Å². The van der Waals surface area contributed by atoms with E-state index >= 15 is 0 Å². The maximum atomic E-state index is 11.9. The van der Waals surface area contributed by atoms with Crippen LogP contribution in [0.4, 0.5) is 10.5 Å². The van der Waals surface area contributed by atoms with Crippen molar-refractivity contribution in [3.63, 3.8) is 0 Å². The second kappa shape index (κ2) is 6.33. The minimum absolute atomic E-state index is 0.109. The highest BCUT2D eigenvalue weighted by Crippen LogP contribution is 2.52. The number of hydrogen-bond donors (Lipinski definition) is 2. The van der Waals surface area contributed by atoms with E-state index in [2.05, 4.69) is 54.0 Å². The van der Waals surface area contributed by atoms with Gasteiger partial charge in [-0.2, -0.15) is 0 Å². The fraction of sp³-hybridized carbons (Fsp3) is 0.562. The Morgan fingerprint density at radius 3 is 2.50 bits per heavy atom. The number of hydrogen-bond acceptors (Lipinski definition) is 1. The minimum Gasteiger partial charge on any atom is -0.338 e. The summed E-state index contributed by atoms with van der Waals surface area (Å²) in [5, 5.41) is 5.87. The molecule has 2 rings (SSSR count). The molecule has 2 amide bonds. The monoisotopic (exact) mass is 386 g/mol. The van der Waals surface area contributed by atoms with E-state index in [-0.39, 0.29) is 6.03 Å². The maximum absolute atomic E-state index is 11.9. The molecule has 2 N–H and O–H groups in total. The number of urea groups is 1. The number of benzene rings is 1. The molecule has 1 aliphatic carbocycles. The second-order valence-corrected chi connectivity index (χ2v) is 7.45. The number of anilines is 1. The van der Waals surface area contributed by atoms with Gasteiger partial charge in [-0.25, -0.2) is 4.79 Å².